The Labute approximate surface area is 196 Å². The van der Waals surface area contributed by atoms with E-state index in [4.69, 9.17) is 0 Å². The summed E-state index contributed by atoms with van der Waals surface area (Å²) in [5, 5.41) is 11.7. The Hall–Kier alpha value is -3.60. The highest BCUT2D eigenvalue weighted by atomic mass is 19.1. The zero-order valence-electron chi connectivity index (χ0n) is 19.0. The summed E-state index contributed by atoms with van der Waals surface area (Å²) >= 11 is 0. The number of fused-ring (bicyclic) bond motifs is 1. The third-order valence-corrected chi connectivity index (χ3v) is 6.24. The molecule has 0 radical (unpaired) electrons. The van der Waals surface area contributed by atoms with Crippen LogP contribution in [0.25, 0.3) is 0 Å². The second-order valence-electron chi connectivity index (χ2n) is 8.79. The van der Waals surface area contributed by atoms with E-state index in [1.807, 2.05) is 41.3 Å². The lowest BCUT2D eigenvalue weighted by molar-refractivity contribution is -0.120. The van der Waals surface area contributed by atoms with Crippen LogP contribution in [0.4, 0.5) is 10.2 Å². The number of aromatic nitrogens is 5. The van der Waals surface area contributed by atoms with Crippen molar-refractivity contribution in [2.45, 2.75) is 38.1 Å². The molecule has 34 heavy (non-hydrogen) atoms. The first kappa shape index (κ1) is 22.2. The molecule has 10 nitrogen and oxygen atoms in total. The number of likely N-dealkylation sites (N-methyl/N-ethyl adjacent to an activating group) is 1. The van der Waals surface area contributed by atoms with Crippen molar-refractivity contribution >= 4 is 17.6 Å². The van der Waals surface area contributed by atoms with E-state index in [9.17, 15) is 14.0 Å². The minimum absolute atomic E-state index is 0.0252. The molecule has 1 N–H and O–H groups in total. The molecule has 5 rings (SSSR count). The number of halogens is 1. The van der Waals surface area contributed by atoms with E-state index in [1.165, 1.54) is 11.2 Å². The summed E-state index contributed by atoms with van der Waals surface area (Å²) in [5.41, 5.74) is 1.91. The van der Waals surface area contributed by atoms with E-state index in [1.54, 1.807) is 16.4 Å². The molecule has 11 heteroatoms. The van der Waals surface area contributed by atoms with Crippen LogP contribution in [0.3, 0.4) is 0 Å². The zero-order valence-corrected chi connectivity index (χ0v) is 19.0. The lowest BCUT2D eigenvalue weighted by atomic mass is 10.1. The minimum atomic E-state index is -0.720. The van der Waals surface area contributed by atoms with Gasteiger partial charge in [-0.05, 0) is 12.0 Å². The fourth-order valence-electron chi connectivity index (χ4n) is 4.30. The Kier molecular flexibility index (Phi) is 6.10. The summed E-state index contributed by atoms with van der Waals surface area (Å²) in [5.74, 6) is 0.0101. The number of carbonyl (C=O) groups excluding carboxylic acids is 2. The Morgan fingerprint density at radius 1 is 1.21 bits per heavy atom. The van der Waals surface area contributed by atoms with Crippen LogP contribution in [0.2, 0.25) is 0 Å². The van der Waals surface area contributed by atoms with Crippen LogP contribution in [0.5, 0.6) is 0 Å². The summed E-state index contributed by atoms with van der Waals surface area (Å²) in [6.07, 6.45) is 1.89. The van der Waals surface area contributed by atoms with Crippen LogP contribution in [-0.2, 0) is 24.3 Å². The van der Waals surface area contributed by atoms with Gasteiger partial charge in [0.15, 0.2) is 0 Å². The van der Waals surface area contributed by atoms with Crippen molar-refractivity contribution in [2.75, 3.05) is 31.6 Å². The average molecular weight is 467 g/mol. The number of rotatable bonds is 7. The van der Waals surface area contributed by atoms with Crippen LogP contribution >= 0.6 is 0 Å². The fraction of sp³-hybridized carbons (Fsp3) is 0.435. The molecule has 2 amide bonds. The van der Waals surface area contributed by atoms with Crippen molar-refractivity contribution in [3.63, 3.8) is 0 Å². The molecule has 1 aromatic carbocycles. The van der Waals surface area contributed by atoms with Crippen LogP contribution in [-0.4, -0.2) is 80.2 Å². The van der Waals surface area contributed by atoms with Crippen LogP contribution in [0.1, 0.15) is 28.3 Å². The Morgan fingerprint density at radius 3 is 2.76 bits per heavy atom. The van der Waals surface area contributed by atoms with Gasteiger partial charge in [-0.15, -0.1) is 5.10 Å². The Bertz CT molecular complexity index is 1170. The molecule has 1 fully saturated rings. The molecule has 0 bridgehead atoms. The lowest BCUT2D eigenvalue weighted by Gasteiger charge is -2.33. The van der Waals surface area contributed by atoms with Gasteiger partial charge in [0.2, 0.25) is 5.82 Å². The molecule has 0 saturated carbocycles. The SMILES string of the molecule is CN1C(=O)C(NC(=O)c2ncn(Cc3ccccc3)n2)CCn2nc(CCN3CC(F)C3)cc21. The topological polar surface area (TPSA) is 101 Å². The highest BCUT2D eigenvalue weighted by Gasteiger charge is 2.32. The maximum Gasteiger partial charge on any atom is 0.291 e. The van der Waals surface area contributed by atoms with Gasteiger partial charge < -0.3 is 5.32 Å². The standard InChI is InChI=1S/C23H27FN8O2/c1-29-20-11-18(7-9-30-13-17(24)14-30)27-32(20)10-8-19(23(29)34)26-22(33)21-25-15-31(28-21)12-16-5-3-2-4-6-16/h2-6,11,15,17,19H,7-10,12-14H2,1H3,(H,26,33). The molecule has 4 heterocycles. The normalized spacial score (nSPS) is 18.9. The van der Waals surface area contributed by atoms with Crippen molar-refractivity contribution in [3.05, 3.63) is 59.8 Å². The highest BCUT2D eigenvalue weighted by Crippen LogP contribution is 2.22. The Balaban J connectivity index is 1.19. The molecule has 0 spiro atoms. The van der Waals surface area contributed by atoms with E-state index < -0.39 is 18.1 Å². The molecule has 1 unspecified atom stereocenters. The van der Waals surface area contributed by atoms with Gasteiger partial charge in [0, 0.05) is 45.7 Å². The molecule has 1 atom stereocenters. The van der Waals surface area contributed by atoms with Crippen LogP contribution in [0, 0.1) is 0 Å². The third-order valence-electron chi connectivity index (χ3n) is 6.24. The minimum Gasteiger partial charge on any atom is -0.337 e. The van der Waals surface area contributed by atoms with Gasteiger partial charge in [-0.25, -0.2) is 18.7 Å². The van der Waals surface area contributed by atoms with Gasteiger partial charge in [0.1, 0.15) is 24.4 Å². The van der Waals surface area contributed by atoms with Crippen molar-refractivity contribution in [2.24, 2.45) is 0 Å². The van der Waals surface area contributed by atoms with E-state index in [2.05, 4.69) is 20.5 Å². The number of aryl methyl sites for hydroxylation is 1. The molecule has 0 aliphatic carbocycles. The number of nitrogens with zero attached hydrogens (tertiary/aromatic N) is 7. The fourth-order valence-corrected chi connectivity index (χ4v) is 4.30. The number of nitrogens with one attached hydrogen (secondary N) is 1. The van der Waals surface area contributed by atoms with Gasteiger partial charge in [0.05, 0.1) is 12.2 Å². The number of alkyl halides is 1. The summed E-state index contributed by atoms with van der Waals surface area (Å²) < 4.78 is 16.4. The number of anilines is 1. The maximum absolute atomic E-state index is 13.1. The van der Waals surface area contributed by atoms with E-state index in [-0.39, 0.29) is 11.7 Å². The third kappa shape index (κ3) is 4.69. The van der Waals surface area contributed by atoms with E-state index in [0.717, 1.165) is 17.8 Å². The smallest absolute Gasteiger partial charge is 0.291 e. The van der Waals surface area contributed by atoms with Crippen LogP contribution in [0.15, 0.2) is 42.7 Å². The van der Waals surface area contributed by atoms with Crippen molar-refractivity contribution < 1.29 is 14.0 Å². The number of amides is 2. The molecule has 1 saturated heterocycles. The first-order valence-electron chi connectivity index (χ1n) is 11.4. The monoisotopic (exact) mass is 466 g/mol. The van der Waals surface area contributed by atoms with Gasteiger partial charge in [-0.1, -0.05) is 30.3 Å². The first-order chi connectivity index (χ1) is 16.5. The van der Waals surface area contributed by atoms with Gasteiger partial charge >= 0.3 is 0 Å². The molecular formula is C23H27FN8O2. The highest BCUT2D eigenvalue weighted by molar-refractivity contribution is 6.00. The summed E-state index contributed by atoms with van der Waals surface area (Å²) in [7, 11) is 1.68. The number of likely N-dealkylation sites (tertiary alicyclic amines) is 1. The van der Waals surface area contributed by atoms with Gasteiger partial charge in [-0.3, -0.25) is 19.4 Å². The van der Waals surface area contributed by atoms with E-state index in [0.29, 0.717) is 44.8 Å². The summed E-state index contributed by atoms with van der Waals surface area (Å²) in [6.45, 7) is 2.70. The summed E-state index contributed by atoms with van der Waals surface area (Å²) in [4.78, 5) is 33.5. The first-order valence-corrected chi connectivity index (χ1v) is 11.4. The van der Waals surface area contributed by atoms with Gasteiger partial charge in [-0.2, -0.15) is 5.10 Å². The zero-order chi connectivity index (χ0) is 23.7. The summed E-state index contributed by atoms with van der Waals surface area (Å²) in [6, 6.07) is 10.9. The predicted molar refractivity (Wildman–Crippen MR) is 122 cm³/mol. The predicted octanol–water partition coefficient (Wildman–Crippen LogP) is 0.884. The van der Waals surface area contributed by atoms with Gasteiger partial charge in [0.25, 0.3) is 11.8 Å². The van der Waals surface area contributed by atoms with E-state index >= 15 is 0 Å². The number of carbonyl (C=O) groups is 2. The second-order valence-corrected chi connectivity index (χ2v) is 8.79. The molecule has 178 valence electrons. The molecule has 2 aliphatic heterocycles. The molecule has 2 aromatic heterocycles. The maximum atomic E-state index is 13.1. The number of hydrogen-bond acceptors (Lipinski definition) is 6. The molecular weight excluding hydrogens is 439 g/mol. The Morgan fingerprint density at radius 2 is 2.00 bits per heavy atom. The van der Waals surface area contributed by atoms with Crippen molar-refractivity contribution in [1.29, 1.82) is 0 Å². The average Bonchev–Trinajstić information content (AvgIpc) is 3.43. The second kappa shape index (κ2) is 9.34. The van der Waals surface area contributed by atoms with Crippen molar-refractivity contribution in [1.82, 2.24) is 34.8 Å². The number of hydrogen-bond donors (Lipinski definition) is 1. The molecule has 3 aromatic rings. The lowest BCUT2D eigenvalue weighted by Crippen LogP contribution is -2.48. The van der Waals surface area contributed by atoms with Crippen LogP contribution < -0.4 is 10.2 Å². The largest absolute Gasteiger partial charge is 0.337 e. The quantitative estimate of drug-likeness (QED) is 0.555. The molecule has 2 aliphatic rings. The van der Waals surface area contributed by atoms with Crippen molar-refractivity contribution in [3.8, 4) is 0 Å². The number of benzene rings is 1.